The van der Waals surface area contributed by atoms with Crippen molar-refractivity contribution in [3.63, 3.8) is 0 Å². The predicted octanol–water partition coefficient (Wildman–Crippen LogP) is -1.50. The van der Waals surface area contributed by atoms with Gasteiger partial charge in [-0.25, -0.2) is 4.57 Å². The minimum absolute atomic E-state index is 0.477. The average Bonchev–Trinajstić information content (AvgIpc) is 1.97. The maximum Gasteiger partial charge on any atom is 0.451 e. The van der Waals surface area contributed by atoms with Crippen molar-refractivity contribution in [1.29, 1.82) is 0 Å². The van der Waals surface area contributed by atoms with Crippen molar-refractivity contribution in [2.24, 2.45) is 10.5 Å². The number of hydrogen-bond donors (Lipinski definition) is 5. The van der Waals surface area contributed by atoms with E-state index in [1.54, 1.807) is 0 Å². The Kier molecular flexibility index (Phi) is 7.94. The number of nitrogens with two attached hydrogens (primary N) is 1. The third-order valence-electron chi connectivity index (χ3n) is 0.996. The van der Waals surface area contributed by atoms with Crippen LogP contribution >= 0.6 is 7.75 Å². The van der Waals surface area contributed by atoms with Crippen LogP contribution < -0.4 is 5.73 Å². The second-order valence-corrected chi connectivity index (χ2v) is 3.97. The molecule has 0 aliphatic rings. The molecule has 0 rings (SSSR count). The van der Waals surface area contributed by atoms with E-state index in [0.717, 1.165) is 11.8 Å². The van der Waals surface area contributed by atoms with E-state index in [-0.39, 0.29) is 0 Å². The molecule has 0 saturated heterocycles. The summed E-state index contributed by atoms with van der Waals surface area (Å²) in [5, 5.41) is 15.7. The highest BCUT2D eigenvalue weighted by molar-refractivity contribution is 7.50. The zero-order valence-electron chi connectivity index (χ0n) is 9.14. The Hall–Kier alpha value is -1.64. The minimum atomic E-state index is -4.59. The van der Waals surface area contributed by atoms with Gasteiger partial charge >= 0.3 is 13.7 Å². The van der Waals surface area contributed by atoms with Crippen LogP contribution in [0.2, 0.25) is 0 Å². The van der Waals surface area contributed by atoms with Gasteiger partial charge in [-0.1, -0.05) is 0 Å². The topological polar surface area (TPSA) is 174 Å². The first-order valence-electron chi connectivity index (χ1n) is 3.99. The number of aliphatic carboxylic acids is 2. The van der Waals surface area contributed by atoms with Gasteiger partial charge in [0.25, 0.3) is 5.97 Å². The Morgan fingerprint density at radius 3 is 1.94 bits per heavy atom. The van der Waals surface area contributed by atoms with Gasteiger partial charge in [-0.15, -0.1) is 4.76 Å². The van der Waals surface area contributed by atoms with Crippen LogP contribution in [-0.4, -0.2) is 56.4 Å². The Bertz CT molecular complexity index is 346. The van der Waals surface area contributed by atoms with E-state index >= 15 is 0 Å². The van der Waals surface area contributed by atoms with Gasteiger partial charge in [-0.3, -0.25) is 9.59 Å². The molecule has 0 heterocycles. The summed E-state index contributed by atoms with van der Waals surface area (Å²) in [5.74, 6) is -2.53. The molecule has 0 aromatic heterocycles. The first-order chi connectivity index (χ1) is 7.45. The van der Waals surface area contributed by atoms with Gasteiger partial charge in [0, 0.05) is 14.0 Å². The predicted molar refractivity (Wildman–Crippen MR) is 57.2 cm³/mol. The van der Waals surface area contributed by atoms with Crippen LogP contribution in [0, 0.1) is 0 Å². The second-order valence-electron chi connectivity index (χ2n) is 2.74. The molecule has 6 N–H and O–H groups in total. The lowest BCUT2D eigenvalue weighted by atomic mass is 10.6. The maximum atomic E-state index is 10.3. The molecule has 17 heavy (non-hydrogen) atoms. The summed E-state index contributed by atoms with van der Waals surface area (Å²) in [6.45, 7) is 0.606. The summed E-state index contributed by atoms with van der Waals surface area (Å²) < 4.78 is 13.1. The van der Waals surface area contributed by atoms with Gasteiger partial charge in [-0.05, 0) is 0 Å². The fourth-order valence-corrected chi connectivity index (χ4v) is 0.913. The second kappa shape index (κ2) is 7.60. The van der Waals surface area contributed by atoms with Crippen molar-refractivity contribution in [2.45, 2.75) is 6.92 Å². The number of rotatable bonds is 3. The SMILES string of the molecule is CC(=O)O.CN(CC(=O)O)/C(N)=N/P(=O)(O)O. The molecule has 11 heteroatoms. The van der Waals surface area contributed by atoms with Crippen molar-refractivity contribution < 1.29 is 34.2 Å². The van der Waals surface area contributed by atoms with E-state index in [9.17, 15) is 9.36 Å². The molecule has 0 spiro atoms. The summed E-state index contributed by atoms with van der Waals surface area (Å²) in [7, 11) is -3.34. The normalized spacial score (nSPS) is 11.2. The average molecular weight is 271 g/mol. The number of hydrogen-bond acceptors (Lipinski definition) is 3. The molecule has 0 fully saturated rings. The molecule has 0 atom stereocenters. The highest BCUT2D eigenvalue weighted by Gasteiger charge is 2.14. The van der Waals surface area contributed by atoms with Crippen LogP contribution in [0.15, 0.2) is 4.76 Å². The molecular weight excluding hydrogens is 257 g/mol. The maximum absolute atomic E-state index is 10.3. The lowest BCUT2D eigenvalue weighted by Gasteiger charge is -2.14. The van der Waals surface area contributed by atoms with Crippen LogP contribution in [0.4, 0.5) is 0 Å². The van der Waals surface area contributed by atoms with E-state index in [0.29, 0.717) is 0 Å². The third-order valence-corrected chi connectivity index (χ3v) is 1.46. The Labute approximate surface area is 96.6 Å². The van der Waals surface area contributed by atoms with Crippen molar-refractivity contribution >= 4 is 25.6 Å². The van der Waals surface area contributed by atoms with Crippen LogP contribution in [0.3, 0.4) is 0 Å². The van der Waals surface area contributed by atoms with E-state index < -0.39 is 32.2 Å². The molecular formula is C6H14N3O7P. The zero-order valence-corrected chi connectivity index (χ0v) is 10.0. The van der Waals surface area contributed by atoms with E-state index in [1.807, 2.05) is 0 Å². The van der Waals surface area contributed by atoms with Gasteiger partial charge in [0.1, 0.15) is 6.54 Å². The summed E-state index contributed by atoms with van der Waals surface area (Å²) in [5.41, 5.74) is 5.07. The van der Waals surface area contributed by atoms with Crippen LogP contribution in [-0.2, 0) is 14.2 Å². The number of nitrogens with zero attached hydrogens (tertiary/aromatic N) is 2. The third kappa shape index (κ3) is 17.0. The Balaban J connectivity index is 0. The first kappa shape index (κ1) is 17.7. The van der Waals surface area contributed by atoms with Crippen molar-refractivity contribution in [3.05, 3.63) is 0 Å². The fourth-order valence-electron chi connectivity index (χ4n) is 0.494. The van der Waals surface area contributed by atoms with Crippen LogP contribution in [0.1, 0.15) is 6.92 Å². The molecule has 10 nitrogen and oxygen atoms in total. The highest BCUT2D eigenvalue weighted by Crippen LogP contribution is 2.35. The summed E-state index contributed by atoms with van der Waals surface area (Å²) in [6.07, 6.45) is 0. The highest BCUT2D eigenvalue weighted by atomic mass is 31.2. The van der Waals surface area contributed by atoms with E-state index in [4.69, 9.17) is 30.5 Å². The standard InChI is InChI=1S/C4H10N3O5P.C2H4O2/c1-7(2-3(8)9)4(5)6-13(10,11)12;1-2(3)4/h2H2,1H3,(H,8,9)(H4,5,6,10,11,12);1H3,(H,3,4). The van der Waals surface area contributed by atoms with Gasteiger partial charge in [0.15, 0.2) is 0 Å². The smallest absolute Gasteiger partial charge is 0.451 e. The molecule has 0 saturated carbocycles. The number of guanidine groups is 1. The summed E-state index contributed by atoms with van der Waals surface area (Å²) in [6, 6.07) is 0. The minimum Gasteiger partial charge on any atom is -0.481 e. The van der Waals surface area contributed by atoms with Crippen molar-refractivity contribution in [3.8, 4) is 0 Å². The largest absolute Gasteiger partial charge is 0.481 e. The summed E-state index contributed by atoms with van der Waals surface area (Å²) in [4.78, 5) is 36.7. The molecule has 100 valence electrons. The van der Waals surface area contributed by atoms with Gasteiger partial charge in [-0.2, -0.15) is 0 Å². The molecule has 0 unspecified atom stereocenters. The van der Waals surface area contributed by atoms with Crippen LogP contribution in [0.5, 0.6) is 0 Å². The van der Waals surface area contributed by atoms with Gasteiger partial charge < -0.3 is 30.6 Å². The van der Waals surface area contributed by atoms with Crippen LogP contribution in [0.25, 0.3) is 0 Å². The molecule has 0 amide bonds. The fraction of sp³-hybridized carbons (Fsp3) is 0.500. The Morgan fingerprint density at radius 2 is 1.71 bits per heavy atom. The quantitative estimate of drug-likeness (QED) is 0.232. The van der Waals surface area contributed by atoms with E-state index in [2.05, 4.69) is 4.76 Å². The molecule has 0 radical (unpaired) electrons. The molecule has 0 aromatic rings. The number of carbonyl (C=O) groups is 2. The number of likely N-dealkylation sites (N-methyl/N-ethyl adjacent to an activating group) is 1. The van der Waals surface area contributed by atoms with Gasteiger partial charge in [0.05, 0.1) is 0 Å². The monoisotopic (exact) mass is 271 g/mol. The molecule has 0 aromatic carbocycles. The van der Waals surface area contributed by atoms with Crippen molar-refractivity contribution in [2.75, 3.05) is 13.6 Å². The summed E-state index contributed by atoms with van der Waals surface area (Å²) >= 11 is 0. The molecule has 0 aliphatic heterocycles. The number of carboxylic acid groups (broad SMARTS) is 2. The number of carboxylic acids is 2. The Morgan fingerprint density at radius 1 is 1.35 bits per heavy atom. The van der Waals surface area contributed by atoms with Crippen molar-refractivity contribution in [1.82, 2.24) is 4.90 Å². The lowest BCUT2D eigenvalue weighted by molar-refractivity contribution is -0.137. The van der Waals surface area contributed by atoms with E-state index in [1.165, 1.54) is 7.05 Å². The van der Waals surface area contributed by atoms with Gasteiger partial charge in [0.2, 0.25) is 5.96 Å². The molecule has 0 aliphatic carbocycles. The zero-order chi connectivity index (χ0) is 14.2. The lowest BCUT2D eigenvalue weighted by Crippen LogP contribution is -2.37. The first-order valence-corrected chi connectivity index (χ1v) is 5.56. The molecule has 0 bridgehead atoms.